The summed E-state index contributed by atoms with van der Waals surface area (Å²) in [6, 6.07) is 8.26. The summed E-state index contributed by atoms with van der Waals surface area (Å²) in [7, 11) is 3.30. The van der Waals surface area contributed by atoms with E-state index in [4.69, 9.17) is 5.73 Å². The SMILES string of the molecule is CN(C)C(=O)NCc1cc(C(=O)n2cnc3cc(N)ccc32)ccn1. The number of aromatic nitrogens is 3. The quantitative estimate of drug-likeness (QED) is 0.704. The molecule has 0 atom stereocenters. The van der Waals surface area contributed by atoms with Gasteiger partial charge in [0.05, 0.1) is 23.3 Å². The summed E-state index contributed by atoms with van der Waals surface area (Å²) in [5.41, 5.74) is 8.71. The number of fused-ring (bicyclic) bond motifs is 1. The third-order valence-corrected chi connectivity index (χ3v) is 3.68. The third-order valence-electron chi connectivity index (χ3n) is 3.68. The number of nitrogens with zero attached hydrogens (tertiary/aromatic N) is 4. The lowest BCUT2D eigenvalue weighted by Gasteiger charge is -2.12. The van der Waals surface area contributed by atoms with Crippen molar-refractivity contribution in [3.05, 3.63) is 54.1 Å². The molecule has 2 aromatic heterocycles. The number of urea groups is 1. The van der Waals surface area contributed by atoms with E-state index >= 15 is 0 Å². The van der Waals surface area contributed by atoms with Gasteiger partial charge in [-0.2, -0.15) is 0 Å². The molecule has 0 unspecified atom stereocenters. The van der Waals surface area contributed by atoms with E-state index < -0.39 is 0 Å². The van der Waals surface area contributed by atoms with E-state index in [2.05, 4.69) is 15.3 Å². The van der Waals surface area contributed by atoms with Crippen molar-refractivity contribution in [1.82, 2.24) is 24.8 Å². The fourth-order valence-electron chi connectivity index (χ4n) is 2.36. The van der Waals surface area contributed by atoms with Gasteiger partial charge < -0.3 is 16.0 Å². The Bertz CT molecular complexity index is 947. The maximum Gasteiger partial charge on any atom is 0.317 e. The van der Waals surface area contributed by atoms with Gasteiger partial charge in [-0.05, 0) is 30.3 Å². The van der Waals surface area contributed by atoms with Gasteiger partial charge in [0.25, 0.3) is 5.91 Å². The molecule has 128 valence electrons. The lowest BCUT2D eigenvalue weighted by atomic mass is 10.2. The van der Waals surface area contributed by atoms with E-state index in [0.29, 0.717) is 28.0 Å². The summed E-state index contributed by atoms with van der Waals surface area (Å²) in [5.74, 6) is -0.227. The first kappa shape index (κ1) is 16.4. The standard InChI is InChI=1S/C17H18N6O2/c1-22(2)17(25)20-9-13-7-11(5-6-19-13)16(24)23-10-21-14-8-12(18)3-4-15(14)23/h3-8,10H,9,18H2,1-2H3,(H,20,25). The van der Waals surface area contributed by atoms with Crippen LogP contribution in [-0.2, 0) is 6.54 Å². The highest BCUT2D eigenvalue weighted by molar-refractivity contribution is 6.01. The van der Waals surface area contributed by atoms with Crippen LogP contribution in [0.3, 0.4) is 0 Å². The fraction of sp³-hybridized carbons (Fsp3) is 0.176. The Morgan fingerprint density at radius 2 is 2.00 bits per heavy atom. The van der Waals surface area contributed by atoms with Crippen LogP contribution in [0.5, 0.6) is 0 Å². The second-order valence-electron chi connectivity index (χ2n) is 5.76. The van der Waals surface area contributed by atoms with Crippen molar-refractivity contribution < 1.29 is 9.59 Å². The smallest absolute Gasteiger partial charge is 0.317 e. The zero-order valence-electron chi connectivity index (χ0n) is 13.9. The van der Waals surface area contributed by atoms with Crippen LogP contribution in [0.25, 0.3) is 11.0 Å². The normalized spacial score (nSPS) is 10.6. The second-order valence-corrected chi connectivity index (χ2v) is 5.76. The maximum atomic E-state index is 12.8. The monoisotopic (exact) mass is 338 g/mol. The highest BCUT2D eigenvalue weighted by atomic mass is 16.2. The van der Waals surface area contributed by atoms with E-state index in [-0.39, 0.29) is 18.5 Å². The number of hydrogen-bond donors (Lipinski definition) is 2. The highest BCUT2D eigenvalue weighted by Gasteiger charge is 2.14. The van der Waals surface area contributed by atoms with E-state index in [0.717, 1.165) is 0 Å². The van der Waals surface area contributed by atoms with Crippen LogP contribution in [0, 0.1) is 0 Å². The first-order chi connectivity index (χ1) is 12.0. The molecule has 0 fully saturated rings. The van der Waals surface area contributed by atoms with E-state index in [1.165, 1.54) is 15.8 Å². The number of anilines is 1. The number of hydrogen-bond acceptors (Lipinski definition) is 5. The molecule has 2 amide bonds. The van der Waals surface area contributed by atoms with Gasteiger partial charge in [-0.3, -0.25) is 14.3 Å². The van der Waals surface area contributed by atoms with Crippen LogP contribution in [0.1, 0.15) is 16.1 Å². The number of carbonyl (C=O) groups excluding carboxylic acids is 2. The molecule has 0 saturated carbocycles. The molecule has 3 aromatic rings. The summed E-state index contributed by atoms with van der Waals surface area (Å²) < 4.78 is 1.46. The molecule has 0 radical (unpaired) electrons. The molecule has 0 bridgehead atoms. The predicted molar refractivity (Wildman–Crippen MR) is 94.0 cm³/mol. The molecule has 0 aliphatic carbocycles. The summed E-state index contributed by atoms with van der Waals surface area (Å²) in [6.07, 6.45) is 3.02. The number of benzene rings is 1. The van der Waals surface area contributed by atoms with Gasteiger partial charge in [-0.1, -0.05) is 0 Å². The number of imidazole rings is 1. The molecule has 1 aromatic carbocycles. The van der Waals surface area contributed by atoms with Crippen molar-refractivity contribution >= 4 is 28.7 Å². The van der Waals surface area contributed by atoms with Crippen LogP contribution < -0.4 is 11.1 Å². The van der Waals surface area contributed by atoms with E-state index in [1.807, 2.05) is 0 Å². The highest BCUT2D eigenvalue weighted by Crippen LogP contribution is 2.17. The summed E-state index contributed by atoms with van der Waals surface area (Å²) >= 11 is 0. The Morgan fingerprint density at radius 1 is 1.20 bits per heavy atom. The Hall–Kier alpha value is -3.42. The van der Waals surface area contributed by atoms with Crippen LogP contribution >= 0.6 is 0 Å². The van der Waals surface area contributed by atoms with Gasteiger partial charge in [0.2, 0.25) is 0 Å². The van der Waals surface area contributed by atoms with E-state index in [9.17, 15) is 9.59 Å². The van der Waals surface area contributed by atoms with Gasteiger partial charge in [-0.25, -0.2) is 9.78 Å². The average molecular weight is 338 g/mol. The number of nitrogens with one attached hydrogen (secondary N) is 1. The van der Waals surface area contributed by atoms with Crippen molar-refractivity contribution in [3.63, 3.8) is 0 Å². The van der Waals surface area contributed by atoms with Gasteiger partial charge in [0.15, 0.2) is 0 Å². The van der Waals surface area contributed by atoms with Gasteiger partial charge in [0, 0.05) is 31.5 Å². The Balaban J connectivity index is 1.84. The number of rotatable bonds is 3. The molecule has 8 heteroatoms. The van der Waals surface area contributed by atoms with Crippen molar-refractivity contribution in [2.45, 2.75) is 6.54 Å². The van der Waals surface area contributed by atoms with Crippen LogP contribution in [0.4, 0.5) is 10.5 Å². The number of nitrogen functional groups attached to an aromatic ring is 1. The minimum Gasteiger partial charge on any atom is -0.399 e. The van der Waals surface area contributed by atoms with Crippen LogP contribution in [-0.4, -0.2) is 45.5 Å². The molecule has 0 aliphatic heterocycles. The molecule has 3 rings (SSSR count). The Labute approximate surface area is 144 Å². The largest absolute Gasteiger partial charge is 0.399 e. The van der Waals surface area contributed by atoms with Crippen LogP contribution in [0.2, 0.25) is 0 Å². The molecular weight excluding hydrogens is 320 g/mol. The lowest BCUT2D eigenvalue weighted by Crippen LogP contribution is -2.34. The van der Waals surface area contributed by atoms with Crippen molar-refractivity contribution in [1.29, 1.82) is 0 Å². The van der Waals surface area contributed by atoms with Crippen molar-refractivity contribution in [3.8, 4) is 0 Å². The summed E-state index contributed by atoms with van der Waals surface area (Å²) in [4.78, 5) is 34.2. The molecular formula is C17H18N6O2. The molecule has 25 heavy (non-hydrogen) atoms. The fourth-order valence-corrected chi connectivity index (χ4v) is 2.36. The average Bonchev–Trinajstić information content (AvgIpc) is 3.02. The maximum absolute atomic E-state index is 12.8. The third kappa shape index (κ3) is 3.42. The van der Waals surface area contributed by atoms with Crippen molar-refractivity contribution in [2.75, 3.05) is 19.8 Å². The molecule has 2 heterocycles. The molecule has 3 N–H and O–H groups in total. The lowest BCUT2D eigenvalue weighted by molar-refractivity contribution is 0.0964. The first-order valence-electron chi connectivity index (χ1n) is 7.63. The number of pyridine rings is 1. The summed E-state index contributed by atoms with van der Waals surface area (Å²) in [5, 5.41) is 2.72. The number of nitrogens with two attached hydrogens (primary N) is 1. The second kappa shape index (κ2) is 6.60. The number of amides is 2. The van der Waals surface area contributed by atoms with Gasteiger partial charge >= 0.3 is 6.03 Å². The zero-order valence-corrected chi connectivity index (χ0v) is 13.9. The Morgan fingerprint density at radius 3 is 2.76 bits per heavy atom. The van der Waals surface area contributed by atoms with Crippen molar-refractivity contribution in [2.24, 2.45) is 0 Å². The Kier molecular flexibility index (Phi) is 4.34. The zero-order chi connectivity index (χ0) is 18.0. The van der Waals surface area contributed by atoms with Gasteiger partial charge in [-0.15, -0.1) is 0 Å². The molecule has 0 spiro atoms. The van der Waals surface area contributed by atoms with E-state index in [1.54, 1.807) is 50.6 Å². The van der Waals surface area contributed by atoms with Gasteiger partial charge in [0.1, 0.15) is 6.33 Å². The van der Waals surface area contributed by atoms with Crippen LogP contribution in [0.15, 0.2) is 42.9 Å². The summed E-state index contributed by atoms with van der Waals surface area (Å²) in [6.45, 7) is 0.235. The molecule has 0 saturated heterocycles. The molecule has 0 aliphatic rings. The minimum absolute atomic E-state index is 0.225. The number of carbonyl (C=O) groups is 2. The topological polar surface area (TPSA) is 106 Å². The molecule has 8 nitrogen and oxygen atoms in total. The predicted octanol–water partition coefficient (Wildman–Crippen LogP) is 1.47. The minimum atomic E-state index is -0.227. The first-order valence-corrected chi connectivity index (χ1v) is 7.63.